The van der Waals surface area contributed by atoms with Gasteiger partial charge in [-0.2, -0.15) is 0 Å². The number of halogens is 4. The summed E-state index contributed by atoms with van der Waals surface area (Å²) >= 11 is 7.79. The Labute approximate surface area is 196 Å². The molecule has 1 heterocycles. The normalized spacial score (nSPS) is 15.5. The van der Waals surface area contributed by atoms with Gasteiger partial charge in [-0.25, -0.2) is 14.3 Å². The lowest BCUT2D eigenvalue weighted by molar-refractivity contribution is -0.0362. The summed E-state index contributed by atoms with van der Waals surface area (Å²) in [4.78, 5) is 19.7. The van der Waals surface area contributed by atoms with Crippen LogP contribution in [0.4, 0.5) is 20.2 Å². The van der Waals surface area contributed by atoms with Crippen LogP contribution in [0.2, 0.25) is 5.02 Å². The molecule has 1 atom stereocenters. The molecule has 3 N–H and O–H groups in total. The van der Waals surface area contributed by atoms with E-state index in [9.17, 15) is 18.7 Å². The molecule has 1 unspecified atom stereocenters. The predicted molar refractivity (Wildman–Crippen MR) is 120 cm³/mol. The van der Waals surface area contributed by atoms with E-state index in [2.05, 4.69) is 10.8 Å². The number of β-amino-alcohol motifs (C(OH)–C–C–N with tert-alkyl or cyclic N) is 1. The minimum absolute atomic E-state index is 0.0111. The van der Waals surface area contributed by atoms with Crippen LogP contribution in [0, 0.1) is 15.2 Å². The Hall–Kier alpha value is -1.57. The first-order valence-corrected chi connectivity index (χ1v) is 10.9. The Kier molecular flexibility index (Phi) is 8.81. The van der Waals surface area contributed by atoms with Crippen LogP contribution in [0.5, 0.6) is 0 Å². The second kappa shape index (κ2) is 11.3. The Morgan fingerprint density at radius 2 is 1.97 bits per heavy atom. The van der Waals surface area contributed by atoms with Gasteiger partial charge in [0.1, 0.15) is 18.2 Å². The van der Waals surface area contributed by atoms with Crippen LogP contribution in [0.25, 0.3) is 0 Å². The first-order chi connectivity index (χ1) is 14.8. The van der Waals surface area contributed by atoms with E-state index in [4.69, 9.17) is 21.2 Å². The Morgan fingerprint density at radius 1 is 1.23 bits per heavy atom. The van der Waals surface area contributed by atoms with Gasteiger partial charge in [0.25, 0.3) is 5.91 Å². The minimum atomic E-state index is -0.825. The summed E-state index contributed by atoms with van der Waals surface area (Å²) in [5.74, 6) is -2.06. The third-order valence-corrected chi connectivity index (χ3v) is 5.48. The van der Waals surface area contributed by atoms with Crippen LogP contribution >= 0.6 is 34.2 Å². The standard InChI is InChI=1S/C20H21ClF2IN3O4/c21-15-8-14(19(9-16(15)22)25-18-2-1-12(24)7-17(18)23)20(29)26-31-11-13(28)10-27-3-5-30-6-4-27/h1-2,7-9,13,25,28H,3-6,10-11H2,(H,26,29). The summed E-state index contributed by atoms with van der Waals surface area (Å²) in [7, 11) is 0. The van der Waals surface area contributed by atoms with Crippen molar-refractivity contribution in [2.45, 2.75) is 6.10 Å². The number of aliphatic hydroxyl groups excluding tert-OH is 1. The number of hydrogen-bond acceptors (Lipinski definition) is 6. The minimum Gasteiger partial charge on any atom is -0.389 e. The van der Waals surface area contributed by atoms with Crippen LogP contribution in [0.1, 0.15) is 10.4 Å². The highest BCUT2D eigenvalue weighted by atomic mass is 127. The van der Waals surface area contributed by atoms with E-state index in [1.807, 2.05) is 27.5 Å². The van der Waals surface area contributed by atoms with Crippen molar-refractivity contribution in [3.8, 4) is 0 Å². The van der Waals surface area contributed by atoms with Crippen molar-refractivity contribution in [1.82, 2.24) is 10.4 Å². The lowest BCUT2D eigenvalue weighted by Crippen LogP contribution is -2.42. The van der Waals surface area contributed by atoms with E-state index >= 15 is 0 Å². The lowest BCUT2D eigenvalue weighted by Gasteiger charge is -2.28. The van der Waals surface area contributed by atoms with Crippen molar-refractivity contribution in [3.63, 3.8) is 0 Å². The summed E-state index contributed by atoms with van der Waals surface area (Å²) in [5, 5.41) is 12.5. The Bertz CT molecular complexity index is 932. The summed E-state index contributed by atoms with van der Waals surface area (Å²) in [6.07, 6.45) is -0.825. The highest BCUT2D eigenvalue weighted by Crippen LogP contribution is 2.28. The molecule has 0 spiro atoms. The van der Waals surface area contributed by atoms with Gasteiger partial charge in [-0.05, 0) is 52.9 Å². The fraction of sp³-hybridized carbons (Fsp3) is 0.350. The zero-order valence-electron chi connectivity index (χ0n) is 16.3. The number of hydroxylamine groups is 1. The molecule has 1 aliphatic rings. The van der Waals surface area contributed by atoms with Crippen molar-refractivity contribution >= 4 is 51.5 Å². The second-order valence-corrected chi connectivity index (χ2v) is 8.52. The average molecular weight is 568 g/mol. The molecular formula is C20H21ClF2IN3O4. The smallest absolute Gasteiger partial charge is 0.277 e. The van der Waals surface area contributed by atoms with Gasteiger partial charge >= 0.3 is 0 Å². The molecule has 168 valence electrons. The third kappa shape index (κ3) is 6.96. The number of morpholine rings is 1. The molecular weight excluding hydrogens is 547 g/mol. The molecule has 1 aliphatic heterocycles. The molecule has 0 bridgehead atoms. The molecule has 11 heteroatoms. The lowest BCUT2D eigenvalue weighted by atomic mass is 10.1. The SMILES string of the molecule is O=C(NOCC(O)CN1CCOCC1)c1cc(Cl)c(F)cc1Nc1ccc(I)cc1F. The summed E-state index contributed by atoms with van der Waals surface area (Å²) in [5.41, 5.74) is 2.24. The Morgan fingerprint density at radius 3 is 2.68 bits per heavy atom. The van der Waals surface area contributed by atoms with Crippen LogP contribution < -0.4 is 10.8 Å². The van der Waals surface area contributed by atoms with Crippen LogP contribution in [0.3, 0.4) is 0 Å². The van der Waals surface area contributed by atoms with Crippen LogP contribution in [-0.4, -0.2) is 61.5 Å². The van der Waals surface area contributed by atoms with E-state index in [1.165, 1.54) is 12.1 Å². The molecule has 3 rings (SSSR count). The number of benzene rings is 2. The molecule has 0 radical (unpaired) electrons. The number of nitrogens with one attached hydrogen (secondary N) is 2. The van der Waals surface area contributed by atoms with E-state index in [-0.39, 0.29) is 28.6 Å². The van der Waals surface area contributed by atoms with Crippen LogP contribution in [0.15, 0.2) is 30.3 Å². The van der Waals surface area contributed by atoms with E-state index in [0.717, 1.165) is 12.1 Å². The topological polar surface area (TPSA) is 83.1 Å². The second-order valence-electron chi connectivity index (χ2n) is 6.87. The maximum absolute atomic E-state index is 14.2. The number of anilines is 2. The Balaban J connectivity index is 1.63. The highest BCUT2D eigenvalue weighted by molar-refractivity contribution is 14.1. The molecule has 2 aromatic carbocycles. The van der Waals surface area contributed by atoms with Gasteiger partial charge < -0.3 is 15.2 Å². The molecule has 1 fully saturated rings. The fourth-order valence-corrected chi connectivity index (χ4v) is 3.58. The number of hydrogen-bond donors (Lipinski definition) is 3. The third-order valence-electron chi connectivity index (χ3n) is 4.52. The van der Waals surface area contributed by atoms with E-state index in [1.54, 1.807) is 6.07 Å². The number of carbonyl (C=O) groups is 1. The maximum Gasteiger partial charge on any atom is 0.277 e. The van der Waals surface area contributed by atoms with Gasteiger partial charge in [-0.1, -0.05) is 11.6 Å². The van der Waals surface area contributed by atoms with Gasteiger partial charge in [0.2, 0.25) is 0 Å². The van der Waals surface area contributed by atoms with Gasteiger partial charge in [-0.15, -0.1) is 0 Å². The molecule has 1 saturated heterocycles. The average Bonchev–Trinajstić information content (AvgIpc) is 2.73. The van der Waals surface area contributed by atoms with Crippen LogP contribution in [-0.2, 0) is 9.57 Å². The monoisotopic (exact) mass is 567 g/mol. The maximum atomic E-state index is 14.2. The number of nitrogens with zero attached hydrogens (tertiary/aromatic N) is 1. The fourth-order valence-electron chi connectivity index (χ4n) is 2.97. The van der Waals surface area contributed by atoms with Crippen molar-refractivity contribution in [3.05, 3.63) is 56.1 Å². The van der Waals surface area contributed by atoms with Gasteiger partial charge in [0.15, 0.2) is 0 Å². The number of aliphatic hydroxyl groups is 1. The predicted octanol–water partition coefficient (Wildman–Crippen LogP) is 3.32. The van der Waals surface area contributed by atoms with E-state index < -0.39 is 23.6 Å². The number of amides is 1. The van der Waals surface area contributed by atoms with Crippen molar-refractivity contribution in [2.24, 2.45) is 0 Å². The van der Waals surface area contributed by atoms with Crippen molar-refractivity contribution in [1.29, 1.82) is 0 Å². The molecule has 31 heavy (non-hydrogen) atoms. The molecule has 0 saturated carbocycles. The number of carbonyl (C=O) groups excluding carboxylic acids is 1. The number of rotatable bonds is 8. The quantitative estimate of drug-likeness (QED) is 0.336. The number of ether oxygens (including phenoxy) is 1. The molecule has 2 aromatic rings. The highest BCUT2D eigenvalue weighted by Gasteiger charge is 2.19. The molecule has 0 aromatic heterocycles. The molecule has 1 amide bonds. The van der Waals surface area contributed by atoms with Gasteiger partial charge in [0, 0.05) is 23.2 Å². The van der Waals surface area contributed by atoms with Gasteiger partial charge in [0.05, 0.1) is 41.3 Å². The first-order valence-electron chi connectivity index (χ1n) is 9.45. The molecule has 0 aliphatic carbocycles. The first kappa shape index (κ1) is 24.1. The molecule has 7 nitrogen and oxygen atoms in total. The summed E-state index contributed by atoms with van der Waals surface area (Å²) < 4.78 is 34.1. The largest absolute Gasteiger partial charge is 0.389 e. The zero-order valence-corrected chi connectivity index (χ0v) is 19.3. The zero-order chi connectivity index (χ0) is 22.4. The van der Waals surface area contributed by atoms with Gasteiger partial charge in [-0.3, -0.25) is 14.5 Å². The van der Waals surface area contributed by atoms with Crippen molar-refractivity contribution in [2.75, 3.05) is 44.8 Å². The van der Waals surface area contributed by atoms with Crippen molar-refractivity contribution < 1.29 is 28.3 Å². The summed E-state index contributed by atoms with van der Waals surface area (Å²) in [6, 6.07) is 6.56. The van der Waals surface area contributed by atoms with E-state index in [0.29, 0.717) is 36.4 Å². The summed E-state index contributed by atoms with van der Waals surface area (Å²) in [6.45, 7) is 2.86.